The largest absolute Gasteiger partial charge is 0.547 e. The number of ether oxygens (including phenoxy) is 3. The fourth-order valence-electron chi connectivity index (χ4n) is 3.38. The Bertz CT molecular complexity index is 884. The van der Waals surface area contributed by atoms with Crippen molar-refractivity contribution in [1.29, 1.82) is 0 Å². The summed E-state index contributed by atoms with van der Waals surface area (Å²) in [5.74, 6) is 0.736. The van der Waals surface area contributed by atoms with Crippen molar-refractivity contribution >= 4 is 25.2 Å². The molecule has 178 valence electrons. The predicted molar refractivity (Wildman–Crippen MR) is 120 cm³/mol. The third-order valence-electron chi connectivity index (χ3n) is 5.05. The molecule has 1 aromatic carbocycles. The molecule has 0 bridgehead atoms. The van der Waals surface area contributed by atoms with E-state index >= 15 is 0 Å². The lowest BCUT2D eigenvalue weighted by atomic mass is 9.72. The fourth-order valence-corrected chi connectivity index (χ4v) is 3.38. The van der Waals surface area contributed by atoms with Gasteiger partial charge in [0, 0.05) is 19.8 Å². The average Bonchev–Trinajstić information content (AvgIpc) is 2.77. The molecule has 0 spiro atoms. The lowest BCUT2D eigenvalue weighted by Crippen LogP contribution is -2.53. The number of carbonyl (C=O) groups is 3. The average molecular weight is 459 g/mol. The number of carbonyl (C=O) groups excluding carboxylic acids is 3. The molecule has 1 amide bonds. The van der Waals surface area contributed by atoms with Crippen LogP contribution in [0.25, 0.3) is 0 Å². The summed E-state index contributed by atoms with van der Waals surface area (Å²) in [4.78, 5) is 36.5. The molecule has 9 nitrogen and oxygen atoms in total. The van der Waals surface area contributed by atoms with Crippen LogP contribution in [0.15, 0.2) is 18.2 Å². The Morgan fingerprint density at radius 1 is 1.30 bits per heavy atom. The molecule has 33 heavy (non-hydrogen) atoms. The molecule has 1 heterocycles. The van der Waals surface area contributed by atoms with E-state index in [9.17, 15) is 19.4 Å². The van der Waals surface area contributed by atoms with Crippen LogP contribution >= 0.6 is 0 Å². The number of esters is 1. The van der Waals surface area contributed by atoms with Crippen LogP contribution in [0, 0.1) is 12.3 Å². The first-order valence-corrected chi connectivity index (χ1v) is 11.1. The standard InChI is InChI=1S/C23H30BNO8/c1-5-8-13-20(26)25-19-14-16-11-9-12-18(21(16)33-24(19)29)22(27)30-15(4)31-23(28)32-17(7-3)10-6-2/h1,9,11-12,15,17,19,29H,6-8,10,13-14H2,2-4H3,(H,25,26). The molecule has 1 aromatic rings. The maximum atomic E-state index is 12.7. The van der Waals surface area contributed by atoms with Crippen LogP contribution in [0.3, 0.4) is 0 Å². The summed E-state index contributed by atoms with van der Waals surface area (Å²) >= 11 is 0. The first kappa shape index (κ1) is 26.1. The van der Waals surface area contributed by atoms with Crippen molar-refractivity contribution in [3.63, 3.8) is 0 Å². The summed E-state index contributed by atoms with van der Waals surface area (Å²) in [6.07, 6.45) is 5.67. The number of nitrogens with one attached hydrogen (secondary N) is 1. The summed E-state index contributed by atoms with van der Waals surface area (Å²) in [7, 11) is -1.37. The molecule has 0 fully saturated rings. The molecule has 0 saturated carbocycles. The monoisotopic (exact) mass is 459 g/mol. The molecule has 1 aliphatic heterocycles. The Hall–Kier alpha value is -3.19. The number of fused-ring (bicyclic) bond motifs is 1. The van der Waals surface area contributed by atoms with Crippen LogP contribution in [0.5, 0.6) is 5.75 Å². The summed E-state index contributed by atoms with van der Waals surface area (Å²) in [6, 6.07) is 4.82. The van der Waals surface area contributed by atoms with Crippen LogP contribution in [0.1, 0.15) is 68.8 Å². The number of rotatable bonds is 10. The van der Waals surface area contributed by atoms with Crippen molar-refractivity contribution in [2.24, 2.45) is 0 Å². The molecule has 2 rings (SSSR count). The SMILES string of the molecule is C#CCCC(=O)NC1Cc2cccc(C(=O)OC(C)OC(=O)OC(CC)CCC)c2OB1O. The lowest BCUT2D eigenvalue weighted by Gasteiger charge is -2.29. The van der Waals surface area contributed by atoms with Gasteiger partial charge < -0.3 is 29.2 Å². The molecule has 1 aliphatic rings. The molecule has 0 radical (unpaired) electrons. The van der Waals surface area contributed by atoms with E-state index in [0.717, 1.165) is 6.42 Å². The van der Waals surface area contributed by atoms with Crippen LogP contribution in [-0.4, -0.2) is 48.5 Å². The van der Waals surface area contributed by atoms with Crippen LogP contribution < -0.4 is 9.97 Å². The van der Waals surface area contributed by atoms with Gasteiger partial charge in [0.25, 0.3) is 0 Å². The number of hydrogen-bond donors (Lipinski definition) is 2. The second-order valence-electron chi connectivity index (χ2n) is 7.66. The number of hydrogen-bond acceptors (Lipinski definition) is 8. The van der Waals surface area contributed by atoms with Gasteiger partial charge in [-0.3, -0.25) is 4.79 Å². The van der Waals surface area contributed by atoms with Crippen LogP contribution in [0.2, 0.25) is 0 Å². The van der Waals surface area contributed by atoms with Crippen LogP contribution in [0.4, 0.5) is 4.79 Å². The zero-order chi connectivity index (χ0) is 24.4. The molecular weight excluding hydrogens is 429 g/mol. The quantitative estimate of drug-likeness (QED) is 0.237. The van der Waals surface area contributed by atoms with E-state index in [2.05, 4.69) is 11.2 Å². The van der Waals surface area contributed by atoms with Gasteiger partial charge in [0.2, 0.25) is 12.2 Å². The zero-order valence-corrected chi connectivity index (χ0v) is 19.2. The molecule has 3 atom stereocenters. The minimum atomic E-state index is -1.37. The summed E-state index contributed by atoms with van der Waals surface area (Å²) < 4.78 is 21.0. The Kier molecular flexibility index (Phi) is 10.1. The minimum absolute atomic E-state index is 0.0601. The third kappa shape index (κ3) is 7.72. The van der Waals surface area contributed by atoms with Gasteiger partial charge in [0.1, 0.15) is 17.4 Å². The molecular formula is C23H30BNO8. The maximum absolute atomic E-state index is 12.7. The Morgan fingerprint density at radius 2 is 2.06 bits per heavy atom. The maximum Gasteiger partial charge on any atom is 0.547 e. The van der Waals surface area contributed by atoms with E-state index in [1.165, 1.54) is 13.0 Å². The van der Waals surface area contributed by atoms with Crippen molar-refractivity contribution in [3.8, 4) is 18.1 Å². The Labute approximate surface area is 194 Å². The Morgan fingerprint density at radius 3 is 2.73 bits per heavy atom. The molecule has 10 heteroatoms. The molecule has 0 aromatic heterocycles. The minimum Gasteiger partial charge on any atom is -0.534 e. The van der Waals surface area contributed by atoms with E-state index in [1.807, 2.05) is 13.8 Å². The number of benzene rings is 1. The van der Waals surface area contributed by atoms with Gasteiger partial charge in [0.15, 0.2) is 0 Å². The van der Waals surface area contributed by atoms with E-state index in [4.69, 9.17) is 25.3 Å². The van der Waals surface area contributed by atoms with Gasteiger partial charge in [-0.05, 0) is 30.9 Å². The topological polar surface area (TPSA) is 120 Å². The normalized spacial score (nSPS) is 16.3. The van der Waals surface area contributed by atoms with Gasteiger partial charge in [-0.25, -0.2) is 9.59 Å². The molecule has 0 saturated heterocycles. The van der Waals surface area contributed by atoms with E-state index in [0.29, 0.717) is 18.4 Å². The van der Waals surface area contributed by atoms with E-state index in [1.54, 1.807) is 12.1 Å². The first-order chi connectivity index (χ1) is 15.8. The highest BCUT2D eigenvalue weighted by atomic mass is 16.8. The van der Waals surface area contributed by atoms with Crippen molar-refractivity contribution < 1.29 is 38.3 Å². The predicted octanol–water partition coefficient (Wildman–Crippen LogP) is 2.77. The number of terminal acetylenes is 1. The lowest BCUT2D eigenvalue weighted by molar-refractivity contribution is -0.121. The molecule has 0 aliphatic carbocycles. The zero-order valence-electron chi connectivity index (χ0n) is 19.2. The molecule has 2 N–H and O–H groups in total. The summed E-state index contributed by atoms with van der Waals surface area (Å²) in [5, 5.41) is 13.0. The van der Waals surface area contributed by atoms with Crippen molar-refractivity contribution in [2.75, 3.05) is 0 Å². The van der Waals surface area contributed by atoms with Gasteiger partial charge in [-0.2, -0.15) is 0 Å². The van der Waals surface area contributed by atoms with Crippen molar-refractivity contribution in [3.05, 3.63) is 29.3 Å². The van der Waals surface area contributed by atoms with Gasteiger partial charge >= 0.3 is 19.2 Å². The summed E-state index contributed by atoms with van der Waals surface area (Å²) in [6.45, 7) is 5.28. The molecule has 3 unspecified atom stereocenters. The third-order valence-corrected chi connectivity index (χ3v) is 5.05. The van der Waals surface area contributed by atoms with Gasteiger partial charge in [-0.1, -0.05) is 32.4 Å². The van der Waals surface area contributed by atoms with Crippen molar-refractivity contribution in [2.45, 2.75) is 77.6 Å². The summed E-state index contributed by atoms with van der Waals surface area (Å²) in [5.41, 5.74) is 0.667. The van der Waals surface area contributed by atoms with Gasteiger partial charge in [0.05, 0.1) is 5.94 Å². The van der Waals surface area contributed by atoms with Crippen molar-refractivity contribution in [1.82, 2.24) is 5.32 Å². The highest BCUT2D eigenvalue weighted by Crippen LogP contribution is 2.31. The van der Waals surface area contributed by atoms with E-state index in [-0.39, 0.29) is 42.6 Å². The number of para-hydroxylation sites is 1. The number of amides is 1. The van der Waals surface area contributed by atoms with E-state index < -0.39 is 31.5 Å². The Balaban J connectivity index is 2.00. The van der Waals surface area contributed by atoms with Gasteiger partial charge in [-0.15, -0.1) is 12.3 Å². The highest BCUT2D eigenvalue weighted by Gasteiger charge is 2.38. The van der Waals surface area contributed by atoms with Crippen LogP contribution in [-0.2, 0) is 25.4 Å². The smallest absolute Gasteiger partial charge is 0.534 e. The second-order valence-corrected chi connectivity index (χ2v) is 7.66. The first-order valence-electron chi connectivity index (χ1n) is 11.1. The highest BCUT2D eigenvalue weighted by molar-refractivity contribution is 6.47. The second kappa shape index (κ2) is 12.8. The fraction of sp³-hybridized carbons (Fsp3) is 0.522.